The van der Waals surface area contributed by atoms with Gasteiger partial charge in [0.15, 0.2) is 5.78 Å². The van der Waals surface area contributed by atoms with Gasteiger partial charge in [0.2, 0.25) is 0 Å². The van der Waals surface area contributed by atoms with Crippen molar-refractivity contribution >= 4 is 5.78 Å². The van der Waals surface area contributed by atoms with E-state index in [0.29, 0.717) is 17.9 Å². The highest BCUT2D eigenvalue weighted by Crippen LogP contribution is 2.18. The lowest BCUT2D eigenvalue weighted by Gasteiger charge is -2.35. The second kappa shape index (κ2) is 9.65. The molecule has 1 heterocycles. The Bertz CT molecular complexity index is 727. The Morgan fingerprint density at radius 2 is 1.63 bits per heavy atom. The number of hydrogen-bond acceptors (Lipinski definition) is 5. The van der Waals surface area contributed by atoms with E-state index in [-0.39, 0.29) is 12.4 Å². The third kappa shape index (κ3) is 5.89. The molecule has 1 N–H and O–H groups in total. The third-order valence-electron chi connectivity index (χ3n) is 4.88. The Morgan fingerprint density at radius 3 is 2.33 bits per heavy atom. The first-order chi connectivity index (χ1) is 13.1. The zero-order valence-electron chi connectivity index (χ0n) is 15.9. The fourth-order valence-corrected chi connectivity index (χ4v) is 3.39. The van der Waals surface area contributed by atoms with E-state index in [2.05, 4.69) is 34.1 Å². The van der Waals surface area contributed by atoms with Crippen molar-refractivity contribution in [3.8, 4) is 5.75 Å². The number of ketones is 1. The van der Waals surface area contributed by atoms with Crippen molar-refractivity contribution in [2.24, 2.45) is 0 Å². The average Bonchev–Trinajstić information content (AvgIpc) is 2.69. The van der Waals surface area contributed by atoms with Crippen molar-refractivity contribution in [3.63, 3.8) is 0 Å². The van der Waals surface area contributed by atoms with Crippen molar-refractivity contribution in [2.45, 2.75) is 19.6 Å². The Balaban J connectivity index is 1.41. The number of aliphatic hydroxyl groups is 1. The highest BCUT2D eigenvalue weighted by atomic mass is 16.5. The minimum atomic E-state index is -0.578. The molecule has 0 aliphatic carbocycles. The molecule has 0 aromatic heterocycles. The van der Waals surface area contributed by atoms with Crippen LogP contribution in [0.2, 0.25) is 0 Å². The van der Waals surface area contributed by atoms with Gasteiger partial charge in [0.05, 0.1) is 5.56 Å². The van der Waals surface area contributed by atoms with Gasteiger partial charge < -0.3 is 9.84 Å². The van der Waals surface area contributed by atoms with Gasteiger partial charge in [-0.2, -0.15) is 0 Å². The van der Waals surface area contributed by atoms with Gasteiger partial charge in [-0.05, 0) is 24.6 Å². The lowest BCUT2D eigenvalue weighted by molar-refractivity contribution is 0.0443. The second-order valence-corrected chi connectivity index (χ2v) is 7.08. The molecule has 0 unspecified atom stereocenters. The van der Waals surface area contributed by atoms with E-state index in [1.165, 1.54) is 12.5 Å². The summed E-state index contributed by atoms with van der Waals surface area (Å²) < 4.78 is 5.69. The lowest BCUT2D eigenvalue weighted by atomic mass is 10.1. The van der Waals surface area contributed by atoms with E-state index >= 15 is 0 Å². The maximum atomic E-state index is 11.6. The van der Waals surface area contributed by atoms with Gasteiger partial charge in [-0.25, -0.2) is 0 Å². The van der Waals surface area contributed by atoms with E-state index in [9.17, 15) is 9.90 Å². The average molecular weight is 368 g/mol. The molecule has 0 saturated carbocycles. The summed E-state index contributed by atoms with van der Waals surface area (Å²) in [7, 11) is 0. The third-order valence-corrected chi connectivity index (χ3v) is 4.88. The molecule has 0 bridgehead atoms. The fraction of sp³-hybridized carbons (Fsp3) is 0.409. The highest BCUT2D eigenvalue weighted by molar-refractivity contribution is 5.96. The monoisotopic (exact) mass is 368 g/mol. The largest absolute Gasteiger partial charge is 0.490 e. The number of carbonyl (C=O) groups is 1. The summed E-state index contributed by atoms with van der Waals surface area (Å²) in [5, 5.41) is 10.3. The Hall–Kier alpha value is -2.21. The number of hydrogen-bond donors (Lipinski definition) is 1. The minimum absolute atomic E-state index is 0.0328. The van der Waals surface area contributed by atoms with E-state index in [0.717, 1.165) is 32.7 Å². The van der Waals surface area contributed by atoms with E-state index in [1.807, 2.05) is 18.2 Å². The fourth-order valence-electron chi connectivity index (χ4n) is 3.39. The Morgan fingerprint density at radius 1 is 1.00 bits per heavy atom. The quantitative estimate of drug-likeness (QED) is 0.726. The SMILES string of the molecule is CC(=O)c1ccccc1OC[C@H](O)CN1CCN(Cc2ccccc2)CC1. The van der Waals surface area contributed by atoms with Crippen LogP contribution >= 0.6 is 0 Å². The number of nitrogens with zero attached hydrogens (tertiary/aromatic N) is 2. The number of carbonyl (C=O) groups excluding carboxylic acids is 1. The van der Waals surface area contributed by atoms with E-state index in [1.54, 1.807) is 12.1 Å². The standard InChI is InChI=1S/C22H28N2O3/c1-18(25)21-9-5-6-10-22(21)27-17-20(26)16-24-13-11-23(12-14-24)15-19-7-3-2-4-8-19/h2-10,20,26H,11-17H2,1H3/t20-/m1/s1. The molecule has 1 atom stereocenters. The van der Waals surface area contributed by atoms with Gasteiger partial charge in [-0.1, -0.05) is 42.5 Å². The van der Waals surface area contributed by atoms with Crippen LogP contribution in [0, 0.1) is 0 Å². The first-order valence-corrected chi connectivity index (χ1v) is 9.51. The second-order valence-electron chi connectivity index (χ2n) is 7.08. The zero-order chi connectivity index (χ0) is 19.1. The Labute approximate surface area is 161 Å². The Kier molecular flexibility index (Phi) is 6.98. The lowest BCUT2D eigenvalue weighted by Crippen LogP contribution is -2.48. The molecule has 1 aliphatic rings. The molecule has 5 nitrogen and oxygen atoms in total. The minimum Gasteiger partial charge on any atom is -0.490 e. The number of para-hydroxylation sites is 1. The van der Waals surface area contributed by atoms with Crippen molar-refractivity contribution in [1.82, 2.24) is 9.80 Å². The highest BCUT2D eigenvalue weighted by Gasteiger charge is 2.20. The number of ether oxygens (including phenoxy) is 1. The molecule has 5 heteroatoms. The van der Waals surface area contributed by atoms with Gasteiger partial charge in [0.1, 0.15) is 18.5 Å². The normalized spacial score (nSPS) is 16.8. The van der Waals surface area contributed by atoms with Crippen LogP contribution in [0.1, 0.15) is 22.8 Å². The number of piperazine rings is 1. The molecule has 0 radical (unpaired) electrons. The first-order valence-electron chi connectivity index (χ1n) is 9.51. The van der Waals surface area contributed by atoms with Gasteiger partial charge in [-0.3, -0.25) is 14.6 Å². The molecule has 2 aromatic carbocycles. The van der Waals surface area contributed by atoms with Crippen molar-refractivity contribution < 1.29 is 14.6 Å². The van der Waals surface area contributed by atoms with E-state index < -0.39 is 6.10 Å². The summed E-state index contributed by atoms with van der Waals surface area (Å²) in [5.74, 6) is 0.506. The van der Waals surface area contributed by atoms with Crippen LogP contribution in [0.4, 0.5) is 0 Å². The van der Waals surface area contributed by atoms with Crippen LogP contribution in [0.15, 0.2) is 54.6 Å². The van der Waals surface area contributed by atoms with Crippen molar-refractivity contribution in [1.29, 1.82) is 0 Å². The van der Waals surface area contributed by atoms with Crippen LogP contribution in [-0.4, -0.2) is 66.1 Å². The van der Waals surface area contributed by atoms with Crippen LogP contribution < -0.4 is 4.74 Å². The summed E-state index contributed by atoms with van der Waals surface area (Å²) >= 11 is 0. The molecule has 2 aromatic rings. The molecular weight excluding hydrogens is 340 g/mol. The molecule has 27 heavy (non-hydrogen) atoms. The number of Topliss-reactive ketones (excluding diaryl/α,β-unsaturated/α-hetero) is 1. The summed E-state index contributed by atoms with van der Waals surface area (Å²) in [6, 6.07) is 17.7. The van der Waals surface area contributed by atoms with E-state index in [4.69, 9.17) is 4.74 Å². The molecule has 1 aliphatic heterocycles. The number of β-amino-alcohol motifs (C(OH)–C–C–N with tert-alkyl or cyclic N) is 1. The van der Waals surface area contributed by atoms with Crippen LogP contribution in [0.5, 0.6) is 5.75 Å². The first kappa shape index (κ1) is 19.5. The van der Waals surface area contributed by atoms with Gasteiger partial charge in [0.25, 0.3) is 0 Å². The molecule has 1 saturated heterocycles. The molecular formula is C22H28N2O3. The maximum absolute atomic E-state index is 11.6. The van der Waals surface area contributed by atoms with Crippen LogP contribution in [-0.2, 0) is 6.54 Å². The van der Waals surface area contributed by atoms with Gasteiger partial charge in [-0.15, -0.1) is 0 Å². The number of aliphatic hydroxyl groups excluding tert-OH is 1. The molecule has 144 valence electrons. The maximum Gasteiger partial charge on any atom is 0.163 e. The smallest absolute Gasteiger partial charge is 0.163 e. The topological polar surface area (TPSA) is 53.0 Å². The van der Waals surface area contributed by atoms with Crippen molar-refractivity contribution in [2.75, 3.05) is 39.3 Å². The molecule has 0 spiro atoms. The molecule has 1 fully saturated rings. The summed E-state index contributed by atoms with van der Waals surface area (Å²) in [6.07, 6.45) is -0.578. The van der Waals surface area contributed by atoms with Gasteiger partial charge >= 0.3 is 0 Å². The predicted octanol–water partition coefficient (Wildman–Crippen LogP) is 2.45. The van der Waals surface area contributed by atoms with Crippen LogP contribution in [0.25, 0.3) is 0 Å². The molecule has 0 amide bonds. The summed E-state index contributed by atoms with van der Waals surface area (Å²) in [6.45, 7) is 7.14. The molecule has 3 rings (SSSR count). The predicted molar refractivity (Wildman–Crippen MR) is 106 cm³/mol. The van der Waals surface area contributed by atoms with Crippen molar-refractivity contribution in [3.05, 3.63) is 65.7 Å². The summed E-state index contributed by atoms with van der Waals surface area (Å²) in [4.78, 5) is 16.3. The number of benzene rings is 2. The summed E-state index contributed by atoms with van der Waals surface area (Å²) in [5.41, 5.74) is 1.89. The van der Waals surface area contributed by atoms with Crippen LogP contribution in [0.3, 0.4) is 0 Å². The number of rotatable bonds is 8. The van der Waals surface area contributed by atoms with Gasteiger partial charge in [0, 0.05) is 39.3 Å². The zero-order valence-corrected chi connectivity index (χ0v) is 15.9.